The van der Waals surface area contributed by atoms with Gasteiger partial charge >= 0.3 is 0 Å². The van der Waals surface area contributed by atoms with E-state index in [2.05, 4.69) is 27.6 Å². The minimum absolute atomic E-state index is 0. The number of carbonyl (C=O) groups is 2. The zero-order valence-corrected chi connectivity index (χ0v) is 20.0. The number of alkyl halides is 2. The number of rotatable bonds is 6. The zero-order valence-electron chi connectivity index (χ0n) is 19.2. The number of carbonyl (C=O) groups excluding carboxylic acids is 2. The van der Waals surface area contributed by atoms with E-state index in [1.165, 1.54) is 26.3 Å². The first-order valence-corrected chi connectivity index (χ1v) is 11.3. The van der Waals surface area contributed by atoms with Crippen LogP contribution in [0.4, 0.5) is 8.78 Å². The van der Waals surface area contributed by atoms with E-state index in [9.17, 15) is 18.4 Å². The number of methoxy groups -OCH3 is 1. The molecule has 1 aromatic heterocycles. The zero-order chi connectivity index (χ0) is 26.0. The Balaban J connectivity index is 0.00000316. The highest BCUT2D eigenvalue weighted by Gasteiger charge is 2.21. The standard InChI is InChI=1S/C23H20F2N4O3S.CH5N.2H2/c1-32-19-12-28-18(21(24)25)11-17(19)16-10-14(8-9-30)4-6-15(16)22(31)29-23(27)33-20(26)7-5-13-2-3-13;1-2;;/h4,6,9-13,21,26H,2-3,8H2,1H3,(H2,27,29,31);2H2,1H3;2*1H. The highest BCUT2D eigenvalue weighted by atomic mass is 32.2. The second-order valence-electron chi connectivity index (χ2n) is 7.09. The molecule has 1 aliphatic carbocycles. The van der Waals surface area contributed by atoms with Crippen LogP contribution in [0, 0.1) is 23.2 Å². The van der Waals surface area contributed by atoms with Crippen molar-refractivity contribution in [2.45, 2.75) is 25.7 Å². The third-order valence-electron chi connectivity index (χ3n) is 4.64. The molecule has 1 amide bonds. The molecule has 1 aromatic carbocycles. The molecule has 0 unspecified atom stereocenters. The van der Waals surface area contributed by atoms with Crippen molar-refractivity contribution in [2.75, 3.05) is 14.2 Å². The molecule has 1 saturated carbocycles. The number of benzene rings is 1. The Bertz CT molecular complexity index is 1200. The number of ether oxygens (including phenoxy) is 1. The van der Waals surface area contributed by atoms with Gasteiger partial charge in [-0.25, -0.2) is 8.78 Å². The van der Waals surface area contributed by atoms with Crippen LogP contribution in [0.3, 0.4) is 0 Å². The van der Waals surface area contributed by atoms with Gasteiger partial charge in [0.05, 0.1) is 13.3 Å². The molecule has 2 aromatic rings. The van der Waals surface area contributed by atoms with E-state index in [1.54, 1.807) is 6.07 Å². The highest BCUT2D eigenvalue weighted by Crippen LogP contribution is 2.35. The normalized spacial score (nSPS) is 12.7. The molecule has 1 aliphatic rings. The maximum absolute atomic E-state index is 13.3. The molecule has 0 spiro atoms. The lowest BCUT2D eigenvalue weighted by Gasteiger charge is -2.14. The van der Waals surface area contributed by atoms with Crippen LogP contribution in [0.25, 0.3) is 11.1 Å². The lowest BCUT2D eigenvalue weighted by molar-refractivity contribution is -0.107. The highest BCUT2D eigenvalue weighted by molar-refractivity contribution is 8.26. The Morgan fingerprint density at radius 2 is 2.09 bits per heavy atom. The number of halogens is 2. The third-order valence-corrected chi connectivity index (χ3v) is 5.25. The molecule has 5 N–H and O–H groups in total. The number of amidine groups is 1. The van der Waals surface area contributed by atoms with Crippen molar-refractivity contribution in [3.8, 4) is 28.7 Å². The Kier molecular flexibility index (Phi) is 10.5. The van der Waals surface area contributed by atoms with Gasteiger partial charge in [-0.3, -0.25) is 15.2 Å². The number of nitrogens with zero attached hydrogens (tertiary/aromatic N) is 2. The van der Waals surface area contributed by atoms with Crippen LogP contribution in [0.2, 0.25) is 0 Å². The van der Waals surface area contributed by atoms with Gasteiger partial charge in [-0.05, 0) is 66.9 Å². The molecule has 35 heavy (non-hydrogen) atoms. The van der Waals surface area contributed by atoms with Crippen LogP contribution in [-0.4, -0.2) is 41.5 Å². The number of amides is 1. The van der Waals surface area contributed by atoms with Crippen molar-refractivity contribution in [2.24, 2.45) is 22.4 Å². The summed E-state index contributed by atoms with van der Waals surface area (Å²) in [7, 11) is 2.85. The topological polar surface area (TPSA) is 145 Å². The van der Waals surface area contributed by atoms with Gasteiger partial charge in [0.1, 0.15) is 22.8 Å². The van der Waals surface area contributed by atoms with Crippen LogP contribution >= 0.6 is 11.8 Å². The second kappa shape index (κ2) is 13.3. The minimum Gasteiger partial charge on any atom is -0.494 e. The fourth-order valence-electron chi connectivity index (χ4n) is 2.88. The largest absolute Gasteiger partial charge is 0.494 e. The fraction of sp³-hybridized carbons (Fsp3) is 0.292. The first kappa shape index (κ1) is 27.6. The molecule has 3 rings (SSSR count). The number of aliphatic imine (C=N–C) groups is 1. The van der Waals surface area contributed by atoms with E-state index in [0.29, 0.717) is 17.8 Å². The summed E-state index contributed by atoms with van der Waals surface area (Å²) in [6, 6.07) is 5.68. The SMILES string of the molecule is CN.COc1cnc(C(F)F)cc1-c1cc(CC=O)ccc1C(=O)N=C(N)SC(=N)C#CC1CC1.[HH].[HH]. The summed E-state index contributed by atoms with van der Waals surface area (Å²) < 4.78 is 31.8. The molecule has 8 nitrogen and oxygen atoms in total. The first-order valence-electron chi connectivity index (χ1n) is 10.5. The van der Waals surface area contributed by atoms with E-state index >= 15 is 0 Å². The molecule has 0 radical (unpaired) electrons. The van der Waals surface area contributed by atoms with Gasteiger partial charge in [0.15, 0.2) is 5.17 Å². The molecule has 0 bridgehead atoms. The predicted octanol–water partition coefficient (Wildman–Crippen LogP) is 4.08. The average molecular weight is 506 g/mol. The number of nitrogens with two attached hydrogens (primary N) is 2. The van der Waals surface area contributed by atoms with E-state index in [4.69, 9.17) is 15.9 Å². The van der Waals surface area contributed by atoms with Crippen molar-refractivity contribution in [3.05, 3.63) is 47.3 Å². The minimum atomic E-state index is -2.83. The van der Waals surface area contributed by atoms with Crippen molar-refractivity contribution >= 4 is 34.2 Å². The summed E-state index contributed by atoms with van der Waals surface area (Å²) in [5.74, 6) is 5.33. The summed E-state index contributed by atoms with van der Waals surface area (Å²) in [6.45, 7) is 0. The van der Waals surface area contributed by atoms with Gasteiger partial charge in [-0.15, -0.1) is 0 Å². The smallest absolute Gasteiger partial charge is 0.280 e. The summed E-state index contributed by atoms with van der Waals surface area (Å²) in [5.41, 5.74) is 10.9. The number of hydrogen-bond acceptors (Lipinski definition) is 7. The van der Waals surface area contributed by atoms with Crippen molar-refractivity contribution in [1.29, 1.82) is 5.41 Å². The molecule has 188 valence electrons. The maximum Gasteiger partial charge on any atom is 0.280 e. The molecule has 0 aliphatic heterocycles. The number of thioether (sulfide) groups is 1. The second-order valence-corrected chi connectivity index (χ2v) is 8.12. The molecular formula is C24H29F2N5O3S. The summed E-state index contributed by atoms with van der Waals surface area (Å²) in [5, 5.41) is 7.64. The van der Waals surface area contributed by atoms with Crippen molar-refractivity contribution < 1.29 is 26.0 Å². The van der Waals surface area contributed by atoms with Crippen LogP contribution in [0.15, 0.2) is 35.5 Å². The molecular weight excluding hydrogens is 476 g/mol. The van der Waals surface area contributed by atoms with Gasteiger partial charge in [-0.1, -0.05) is 12.0 Å². The van der Waals surface area contributed by atoms with Gasteiger partial charge < -0.3 is 21.0 Å². The Hall–Kier alpha value is -3.62. The van der Waals surface area contributed by atoms with E-state index < -0.39 is 18.0 Å². The van der Waals surface area contributed by atoms with Crippen LogP contribution in [-0.2, 0) is 11.2 Å². The van der Waals surface area contributed by atoms with Crippen LogP contribution in [0.5, 0.6) is 5.75 Å². The molecule has 1 fully saturated rings. The Morgan fingerprint density at radius 3 is 2.69 bits per heavy atom. The molecule has 11 heteroatoms. The third kappa shape index (κ3) is 7.98. The maximum atomic E-state index is 13.3. The summed E-state index contributed by atoms with van der Waals surface area (Å²) in [6.07, 6.45) is 1.10. The molecule has 1 heterocycles. The fourth-order valence-corrected chi connectivity index (χ4v) is 3.33. The first-order chi connectivity index (χ1) is 16.8. The van der Waals surface area contributed by atoms with Gasteiger partial charge in [0.2, 0.25) is 0 Å². The lowest BCUT2D eigenvalue weighted by atomic mass is 9.95. The number of aromatic nitrogens is 1. The number of hydrogen-bond donors (Lipinski definition) is 3. The van der Waals surface area contributed by atoms with E-state index in [1.807, 2.05) is 0 Å². The van der Waals surface area contributed by atoms with E-state index in [-0.39, 0.29) is 41.9 Å². The molecule has 0 atom stereocenters. The van der Waals surface area contributed by atoms with E-state index in [0.717, 1.165) is 36.9 Å². The Labute approximate surface area is 209 Å². The molecule has 0 saturated heterocycles. The average Bonchev–Trinajstić information content (AvgIpc) is 3.68. The van der Waals surface area contributed by atoms with Crippen molar-refractivity contribution in [3.63, 3.8) is 0 Å². The summed E-state index contributed by atoms with van der Waals surface area (Å²) >= 11 is 0.756. The van der Waals surface area contributed by atoms with Gasteiger partial charge in [0, 0.05) is 26.3 Å². The quantitative estimate of drug-likeness (QED) is 0.232. The summed E-state index contributed by atoms with van der Waals surface area (Å²) in [4.78, 5) is 31.4. The predicted molar refractivity (Wildman–Crippen MR) is 137 cm³/mol. The van der Waals surface area contributed by atoms with Crippen LogP contribution in [0.1, 0.15) is 43.7 Å². The monoisotopic (exact) mass is 505 g/mol. The van der Waals surface area contributed by atoms with Gasteiger partial charge in [-0.2, -0.15) is 4.99 Å². The van der Waals surface area contributed by atoms with Gasteiger partial charge in [0.25, 0.3) is 12.3 Å². The number of aldehydes is 1. The number of nitrogens with one attached hydrogen (secondary N) is 1. The number of pyridine rings is 1. The Morgan fingerprint density at radius 1 is 1.37 bits per heavy atom. The van der Waals surface area contributed by atoms with Crippen LogP contribution < -0.4 is 16.2 Å². The lowest BCUT2D eigenvalue weighted by Crippen LogP contribution is -2.13. The van der Waals surface area contributed by atoms with Crippen molar-refractivity contribution in [1.82, 2.24) is 4.98 Å².